The van der Waals surface area contributed by atoms with Gasteiger partial charge in [-0.1, -0.05) is 29.8 Å². The average Bonchev–Trinajstić information content (AvgIpc) is 3.09. The SMILES string of the molecule is Cc1ccc2nc(N3CCS(=O)(=O)c4ccccc4C3)cc(NC3CNCC3O)c2c1. The van der Waals surface area contributed by atoms with E-state index in [1.54, 1.807) is 12.1 Å². The third-order valence-corrected chi connectivity index (χ3v) is 7.88. The van der Waals surface area contributed by atoms with E-state index in [0.29, 0.717) is 31.1 Å². The molecule has 8 heteroatoms. The smallest absolute Gasteiger partial charge is 0.180 e. The molecule has 31 heavy (non-hydrogen) atoms. The molecule has 1 fully saturated rings. The van der Waals surface area contributed by atoms with Gasteiger partial charge in [0.05, 0.1) is 28.3 Å². The molecule has 0 aliphatic carbocycles. The molecule has 1 saturated heterocycles. The van der Waals surface area contributed by atoms with Gasteiger partial charge in [-0.25, -0.2) is 13.4 Å². The second-order valence-corrected chi connectivity index (χ2v) is 10.5. The third kappa shape index (κ3) is 3.86. The van der Waals surface area contributed by atoms with Gasteiger partial charge in [-0.15, -0.1) is 0 Å². The van der Waals surface area contributed by atoms with E-state index in [-0.39, 0.29) is 11.8 Å². The van der Waals surface area contributed by atoms with Crippen LogP contribution in [0.15, 0.2) is 53.4 Å². The van der Waals surface area contributed by atoms with E-state index in [0.717, 1.165) is 33.5 Å². The van der Waals surface area contributed by atoms with E-state index in [2.05, 4.69) is 16.7 Å². The number of β-amino-alcohol motifs (C(OH)–C–C–N with tert-alkyl or cyclic N) is 1. The molecule has 2 aromatic carbocycles. The summed E-state index contributed by atoms with van der Waals surface area (Å²) in [6.07, 6.45) is -0.466. The first kappa shape index (κ1) is 20.2. The first-order valence-electron chi connectivity index (χ1n) is 10.5. The number of aromatic nitrogens is 1. The molecular weight excluding hydrogens is 412 g/mol. The van der Waals surface area contributed by atoms with Gasteiger partial charge in [-0.3, -0.25) is 0 Å². The van der Waals surface area contributed by atoms with Gasteiger partial charge in [-0.05, 0) is 30.7 Å². The van der Waals surface area contributed by atoms with Crippen molar-refractivity contribution in [2.45, 2.75) is 30.5 Å². The minimum absolute atomic E-state index is 0.0473. The van der Waals surface area contributed by atoms with Crippen LogP contribution >= 0.6 is 0 Å². The highest BCUT2D eigenvalue weighted by atomic mass is 32.2. The number of aryl methyl sites for hydroxylation is 1. The van der Waals surface area contributed by atoms with E-state index < -0.39 is 15.9 Å². The molecule has 162 valence electrons. The molecule has 0 bridgehead atoms. The zero-order valence-electron chi connectivity index (χ0n) is 17.4. The maximum Gasteiger partial charge on any atom is 0.180 e. The van der Waals surface area contributed by atoms with Crippen LogP contribution in [0.25, 0.3) is 10.9 Å². The van der Waals surface area contributed by atoms with Crippen molar-refractivity contribution >= 4 is 32.2 Å². The molecular formula is C23H26N4O3S. The molecule has 2 atom stereocenters. The second kappa shape index (κ2) is 7.78. The summed E-state index contributed by atoms with van der Waals surface area (Å²) in [5.74, 6) is 0.775. The maximum absolute atomic E-state index is 12.8. The summed E-state index contributed by atoms with van der Waals surface area (Å²) in [7, 11) is -3.33. The zero-order chi connectivity index (χ0) is 21.6. The number of benzene rings is 2. The molecule has 3 heterocycles. The molecule has 7 nitrogen and oxygen atoms in total. The van der Waals surface area contributed by atoms with E-state index in [4.69, 9.17) is 4.98 Å². The molecule has 0 spiro atoms. The molecule has 0 amide bonds. The maximum atomic E-state index is 12.8. The molecule has 3 aromatic rings. The number of nitrogens with one attached hydrogen (secondary N) is 2. The van der Waals surface area contributed by atoms with E-state index in [9.17, 15) is 13.5 Å². The first-order chi connectivity index (χ1) is 14.9. The largest absolute Gasteiger partial charge is 0.390 e. The standard InChI is InChI=1S/C23H26N4O3S/c1-15-6-7-18-17(10-15)19(25-20-12-24-13-21(20)28)11-23(26-18)27-8-9-31(29,30)22-5-3-2-4-16(22)14-27/h2-7,10-11,20-21,24,28H,8-9,12-14H2,1H3,(H,25,26). The number of aliphatic hydroxyl groups is 1. The zero-order valence-corrected chi connectivity index (χ0v) is 18.2. The van der Waals surface area contributed by atoms with Gasteiger partial charge in [0.2, 0.25) is 0 Å². The number of rotatable bonds is 3. The Kier molecular flexibility index (Phi) is 5.08. The van der Waals surface area contributed by atoms with Gasteiger partial charge in [0.1, 0.15) is 5.82 Å². The summed E-state index contributed by atoms with van der Waals surface area (Å²) in [6.45, 7) is 4.13. The van der Waals surface area contributed by atoms with Crippen LogP contribution in [-0.4, -0.2) is 56.0 Å². The Labute approximate surface area is 182 Å². The predicted octanol–water partition coefficient (Wildman–Crippen LogP) is 2.08. The number of hydrogen-bond acceptors (Lipinski definition) is 7. The van der Waals surface area contributed by atoms with E-state index in [1.165, 1.54) is 0 Å². The fourth-order valence-electron chi connectivity index (χ4n) is 4.38. The van der Waals surface area contributed by atoms with Crippen LogP contribution in [0.3, 0.4) is 0 Å². The monoisotopic (exact) mass is 438 g/mol. The molecule has 2 aliphatic heterocycles. The summed E-state index contributed by atoms with van der Waals surface area (Å²) in [4.78, 5) is 7.30. The Bertz CT molecular complexity index is 1240. The first-order valence-corrected chi connectivity index (χ1v) is 12.2. The topological polar surface area (TPSA) is 94.6 Å². The summed E-state index contributed by atoms with van der Waals surface area (Å²) in [6, 6.07) is 15.2. The molecule has 3 N–H and O–H groups in total. The fraction of sp³-hybridized carbons (Fsp3) is 0.348. The molecule has 2 aliphatic rings. The van der Waals surface area contributed by atoms with Gasteiger partial charge in [0.25, 0.3) is 0 Å². The predicted molar refractivity (Wildman–Crippen MR) is 122 cm³/mol. The Balaban J connectivity index is 1.58. The van der Waals surface area contributed by atoms with Gasteiger partial charge in [0.15, 0.2) is 9.84 Å². The number of hydrogen-bond donors (Lipinski definition) is 3. The summed E-state index contributed by atoms with van der Waals surface area (Å²) in [5.41, 5.74) is 3.66. The van der Waals surface area contributed by atoms with Crippen LogP contribution in [0.2, 0.25) is 0 Å². The van der Waals surface area contributed by atoms with Gasteiger partial charge in [0, 0.05) is 43.3 Å². The molecule has 2 unspecified atom stereocenters. The number of nitrogens with zero attached hydrogens (tertiary/aromatic N) is 2. The fourth-order valence-corrected chi connectivity index (χ4v) is 5.88. The summed E-state index contributed by atoms with van der Waals surface area (Å²) in [5, 5.41) is 18.0. The molecule has 5 rings (SSSR count). The van der Waals surface area contributed by atoms with Crippen LogP contribution in [0.5, 0.6) is 0 Å². The van der Waals surface area contributed by atoms with E-state index in [1.807, 2.05) is 42.2 Å². The van der Waals surface area contributed by atoms with Gasteiger partial charge < -0.3 is 20.6 Å². The Morgan fingerprint density at radius 1 is 1.16 bits per heavy atom. The highest BCUT2D eigenvalue weighted by molar-refractivity contribution is 7.91. The average molecular weight is 439 g/mol. The van der Waals surface area contributed by atoms with Gasteiger partial charge in [-0.2, -0.15) is 0 Å². The number of fused-ring (bicyclic) bond motifs is 2. The Morgan fingerprint density at radius 2 is 2.00 bits per heavy atom. The van der Waals surface area contributed by atoms with Crippen molar-refractivity contribution in [2.24, 2.45) is 0 Å². The van der Waals surface area contributed by atoms with Crippen molar-refractivity contribution in [3.05, 3.63) is 59.7 Å². The minimum Gasteiger partial charge on any atom is -0.390 e. The van der Waals surface area contributed by atoms with Gasteiger partial charge >= 0.3 is 0 Å². The number of aliphatic hydroxyl groups excluding tert-OH is 1. The Morgan fingerprint density at radius 3 is 2.81 bits per heavy atom. The lowest BCUT2D eigenvalue weighted by atomic mass is 10.1. The minimum atomic E-state index is -3.33. The lowest BCUT2D eigenvalue weighted by Gasteiger charge is -2.25. The quantitative estimate of drug-likeness (QED) is 0.576. The van der Waals surface area contributed by atoms with Crippen molar-refractivity contribution in [2.75, 3.05) is 35.6 Å². The van der Waals surface area contributed by atoms with Crippen LogP contribution in [0.4, 0.5) is 11.5 Å². The van der Waals surface area contributed by atoms with Crippen molar-refractivity contribution in [3.8, 4) is 0 Å². The van der Waals surface area contributed by atoms with Crippen LogP contribution < -0.4 is 15.5 Å². The highest BCUT2D eigenvalue weighted by Crippen LogP contribution is 2.32. The van der Waals surface area contributed by atoms with Crippen molar-refractivity contribution in [1.29, 1.82) is 0 Å². The van der Waals surface area contributed by atoms with Crippen LogP contribution in [-0.2, 0) is 16.4 Å². The number of anilines is 2. The van der Waals surface area contributed by atoms with Crippen LogP contribution in [0.1, 0.15) is 11.1 Å². The third-order valence-electron chi connectivity index (χ3n) is 6.10. The lowest BCUT2D eigenvalue weighted by molar-refractivity contribution is 0.185. The number of sulfone groups is 1. The molecule has 0 radical (unpaired) electrons. The van der Waals surface area contributed by atoms with Crippen molar-refractivity contribution < 1.29 is 13.5 Å². The summed E-state index contributed by atoms with van der Waals surface area (Å²) >= 11 is 0. The summed E-state index contributed by atoms with van der Waals surface area (Å²) < 4.78 is 25.5. The van der Waals surface area contributed by atoms with Crippen LogP contribution in [0, 0.1) is 6.92 Å². The lowest BCUT2D eigenvalue weighted by Crippen LogP contribution is -2.32. The van der Waals surface area contributed by atoms with E-state index >= 15 is 0 Å². The normalized spacial score (nSPS) is 22.8. The number of pyridine rings is 1. The van der Waals surface area contributed by atoms with Crippen molar-refractivity contribution in [3.63, 3.8) is 0 Å². The second-order valence-electron chi connectivity index (χ2n) is 8.37. The molecule has 1 aromatic heterocycles. The van der Waals surface area contributed by atoms with Crippen molar-refractivity contribution in [1.82, 2.24) is 10.3 Å². The highest BCUT2D eigenvalue weighted by Gasteiger charge is 2.28. The molecule has 0 saturated carbocycles. The Hall–Kier alpha value is -2.68.